The highest BCUT2D eigenvalue weighted by molar-refractivity contribution is 7.18. The number of nitrogens with one attached hydrogen (secondary N) is 1. The molecule has 2 aromatic heterocycles. The Balaban J connectivity index is 1.47. The van der Waals surface area contributed by atoms with Gasteiger partial charge >= 0.3 is 0 Å². The summed E-state index contributed by atoms with van der Waals surface area (Å²) in [6, 6.07) is 8.24. The third-order valence-electron chi connectivity index (χ3n) is 5.44. The molecule has 0 bridgehead atoms. The summed E-state index contributed by atoms with van der Waals surface area (Å²) in [5.74, 6) is 0.0413. The van der Waals surface area contributed by atoms with E-state index in [1.807, 2.05) is 23.1 Å². The van der Waals surface area contributed by atoms with Crippen LogP contribution in [0.2, 0.25) is 0 Å². The van der Waals surface area contributed by atoms with E-state index in [0.717, 1.165) is 60.7 Å². The van der Waals surface area contributed by atoms with Crippen molar-refractivity contribution in [1.29, 1.82) is 0 Å². The predicted molar refractivity (Wildman–Crippen MR) is 101 cm³/mol. The van der Waals surface area contributed by atoms with Crippen LogP contribution in [0.3, 0.4) is 0 Å². The van der Waals surface area contributed by atoms with Gasteiger partial charge in [-0.15, -0.1) is 11.3 Å². The lowest BCUT2D eigenvalue weighted by molar-refractivity contribution is 0.0727. The van der Waals surface area contributed by atoms with Crippen LogP contribution in [0.15, 0.2) is 24.3 Å². The van der Waals surface area contributed by atoms with Crippen LogP contribution in [0.5, 0.6) is 0 Å². The molecule has 4 heterocycles. The van der Waals surface area contributed by atoms with Crippen molar-refractivity contribution >= 4 is 27.5 Å². The van der Waals surface area contributed by atoms with Gasteiger partial charge in [-0.3, -0.25) is 9.89 Å². The molecule has 0 aliphatic carbocycles. The first kappa shape index (κ1) is 16.0. The Labute approximate surface area is 155 Å². The zero-order valence-electron chi connectivity index (χ0n) is 14.7. The highest BCUT2D eigenvalue weighted by atomic mass is 32.1. The summed E-state index contributed by atoms with van der Waals surface area (Å²) < 4.78 is 1.18. The van der Waals surface area contributed by atoms with Crippen LogP contribution < -0.4 is 0 Å². The molecule has 2 aliphatic rings. The topological polar surface area (TPSA) is 65.1 Å². The fourth-order valence-corrected chi connectivity index (χ4v) is 5.16. The minimum absolute atomic E-state index is 0.0413. The summed E-state index contributed by atoms with van der Waals surface area (Å²) >= 11 is 1.70. The molecular weight excluding hydrogens is 346 g/mol. The number of likely N-dealkylation sites (tertiary alicyclic amines) is 1. The Morgan fingerprint density at radius 2 is 2.19 bits per heavy atom. The zero-order chi connectivity index (χ0) is 17.7. The minimum atomic E-state index is 0.0413. The molecule has 5 rings (SSSR count). The average molecular weight is 367 g/mol. The van der Waals surface area contributed by atoms with E-state index in [1.165, 1.54) is 4.70 Å². The van der Waals surface area contributed by atoms with Crippen molar-refractivity contribution in [2.75, 3.05) is 20.1 Å². The smallest absolute Gasteiger partial charge is 0.275 e. The number of para-hydroxylation sites is 1. The van der Waals surface area contributed by atoms with Gasteiger partial charge in [0.1, 0.15) is 5.01 Å². The van der Waals surface area contributed by atoms with E-state index in [4.69, 9.17) is 4.98 Å². The molecule has 2 aliphatic heterocycles. The number of carbonyl (C=O) groups excluding carboxylic acids is 1. The van der Waals surface area contributed by atoms with Crippen molar-refractivity contribution in [3.63, 3.8) is 0 Å². The quantitative estimate of drug-likeness (QED) is 0.756. The highest BCUT2D eigenvalue weighted by Crippen LogP contribution is 2.37. The van der Waals surface area contributed by atoms with E-state index in [0.29, 0.717) is 5.69 Å². The van der Waals surface area contributed by atoms with E-state index < -0.39 is 0 Å². The highest BCUT2D eigenvalue weighted by Gasteiger charge is 2.35. The molecule has 0 radical (unpaired) electrons. The van der Waals surface area contributed by atoms with Gasteiger partial charge in [0.2, 0.25) is 0 Å². The third-order valence-corrected chi connectivity index (χ3v) is 6.57. The molecule has 1 atom stereocenters. The van der Waals surface area contributed by atoms with Gasteiger partial charge in [0.15, 0.2) is 5.69 Å². The van der Waals surface area contributed by atoms with Gasteiger partial charge in [-0.25, -0.2) is 4.98 Å². The molecule has 1 amide bonds. The number of nitrogens with zero attached hydrogens (tertiary/aromatic N) is 4. The summed E-state index contributed by atoms with van der Waals surface area (Å²) in [7, 11) is 2.09. The molecule has 3 aromatic rings. The summed E-state index contributed by atoms with van der Waals surface area (Å²) in [4.78, 5) is 22.3. The van der Waals surface area contributed by atoms with Crippen LogP contribution in [-0.2, 0) is 13.0 Å². The summed E-state index contributed by atoms with van der Waals surface area (Å²) in [5, 5.41) is 8.52. The number of carbonyl (C=O) groups is 1. The third kappa shape index (κ3) is 2.54. The molecule has 1 aromatic carbocycles. The minimum Gasteiger partial charge on any atom is -0.328 e. The number of aromatic nitrogens is 3. The Morgan fingerprint density at radius 1 is 1.31 bits per heavy atom. The van der Waals surface area contributed by atoms with E-state index in [-0.39, 0.29) is 11.9 Å². The number of thiazole rings is 1. The molecule has 134 valence electrons. The second-order valence-corrected chi connectivity index (χ2v) is 8.26. The van der Waals surface area contributed by atoms with Crippen LogP contribution in [0.4, 0.5) is 0 Å². The molecule has 0 unspecified atom stereocenters. The number of H-pyrrole nitrogens is 1. The zero-order valence-corrected chi connectivity index (χ0v) is 15.6. The molecule has 7 heteroatoms. The largest absolute Gasteiger partial charge is 0.328 e. The molecule has 26 heavy (non-hydrogen) atoms. The number of benzene rings is 1. The lowest BCUT2D eigenvalue weighted by Crippen LogP contribution is -2.33. The number of rotatable bonds is 2. The Hall–Kier alpha value is -2.25. The summed E-state index contributed by atoms with van der Waals surface area (Å²) in [6.07, 6.45) is 2.91. The molecule has 0 saturated carbocycles. The molecular formula is C19H21N5OS. The maximum Gasteiger partial charge on any atom is 0.275 e. The normalized spacial score (nSPS) is 20.7. The number of fused-ring (bicyclic) bond motifs is 2. The second-order valence-electron chi connectivity index (χ2n) is 7.19. The van der Waals surface area contributed by atoms with Crippen molar-refractivity contribution < 1.29 is 4.79 Å². The molecule has 0 spiro atoms. The maximum absolute atomic E-state index is 13.3. The van der Waals surface area contributed by atoms with E-state index >= 15 is 0 Å². The average Bonchev–Trinajstić information content (AvgIpc) is 3.37. The van der Waals surface area contributed by atoms with Gasteiger partial charge in [0.05, 0.1) is 16.3 Å². The standard InChI is InChI=1S/C19H21N5OS/c1-23-10-8-13-12(11-23)17(22-21-13)19(25)24-9-4-6-15(24)18-20-14-5-2-3-7-16(14)26-18/h2-3,5,7,15H,4,6,8-11H2,1H3,(H,21,22)/t15-/m1/s1. The number of hydrogen-bond acceptors (Lipinski definition) is 5. The Bertz CT molecular complexity index is 944. The van der Waals surface area contributed by atoms with E-state index in [2.05, 4.69) is 28.2 Å². The molecule has 1 saturated heterocycles. The van der Waals surface area contributed by atoms with Gasteiger partial charge in [-0.2, -0.15) is 5.10 Å². The molecule has 1 N–H and O–H groups in total. The number of hydrogen-bond donors (Lipinski definition) is 1. The summed E-state index contributed by atoms with van der Waals surface area (Å²) in [5.41, 5.74) is 3.80. The van der Waals surface area contributed by atoms with Crippen LogP contribution in [0, 0.1) is 0 Å². The van der Waals surface area contributed by atoms with Gasteiger partial charge in [0, 0.05) is 37.3 Å². The van der Waals surface area contributed by atoms with Crippen LogP contribution in [0.25, 0.3) is 10.2 Å². The molecule has 6 nitrogen and oxygen atoms in total. The van der Waals surface area contributed by atoms with E-state index in [9.17, 15) is 4.79 Å². The number of likely N-dealkylation sites (N-methyl/N-ethyl adjacent to an activating group) is 1. The van der Waals surface area contributed by atoms with E-state index in [1.54, 1.807) is 11.3 Å². The van der Waals surface area contributed by atoms with Crippen molar-refractivity contribution in [3.05, 3.63) is 46.2 Å². The lowest BCUT2D eigenvalue weighted by Gasteiger charge is -2.25. The monoisotopic (exact) mass is 367 g/mol. The van der Waals surface area contributed by atoms with Crippen molar-refractivity contribution in [2.45, 2.75) is 31.8 Å². The molecule has 1 fully saturated rings. The van der Waals surface area contributed by atoms with Crippen LogP contribution >= 0.6 is 11.3 Å². The first-order valence-electron chi connectivity index (χ1n) is 9.12. The van der Waals surface area contributed by atoms with Crippen molar-refractivity contribution in [3.8, 4) is 0 Å². The van der Waals surface area contributed by atoms with Gasteiger partial charge in [-0.1, -0.05) is 12.1 Å². The first-order chi connectivity index (χ1) is 12.7. The van der Waals surface area contributed by atoms with Crippen molar-refractivity contribution in [1.82, 2.24) is 25.0 Å². The number of aromatic amines is 1. The van der Waals surface area contributed by atoms with Gasteiger partial charge in [-0.05, 0) is 32.0 Å². The Morgan fingerprint density at radius 3 is 3.08 bits per heavy atom. The van der Waals surface area contributed by atoms with Gasteiger partial charge < -0.3 is 9.80 Å². The SMILES string of the molecule is CN1CCc2[nH]nc(C(=O)N3CCC[C@@H]3c3nc4ccccc4s3)c2C1. The summed E-state index contributed by atoms with van der Waals surface area (Å²) in [6.45, 7) is 2.56. The van der Waals surface area contributed by atoms with Crippen LogP contribution in [0.1, 0.15) is 45.6 Å². The number of amides is 1. The van der Waals surface area contributed by atoms with Gasteiger partial charge in [0.25, 0.3) is 5.91 Å². The first-order valence-corrected chi connectivity index (χ1v) is 9.93. The second kappa shape index (κ2) is 6.17. The Kier molecular flexibility index (Phi) is 3.79. The lowest BCUT2D eigenvalue weighted by atomic mass is 10.1. The maximum atomic E-state index is 13.3. The predicted octanol–water partition coefficient (Wildman–Crippen LogP) is 2.98. The van der Waals surface area contributed by atoms with Crippen LogP contribution in [-0.4, -0.2) is 51.0 Å². The fraction of sp³-hybridized carbons (Fsp3) is 0.421. The fourth-order valence-electron chi connectivity index (χ4n) is 4.04. The van der Waals surface area contributed by atoms with Crippen molar-refractivity contribution in [2.24, 2.45) is 0 Å².